The lowest BCUT2D eigenvalue weighted by molar-refractivity contribution is -0.115. The zero-order valence-corrected chi connectivity index (χ0v) is 9.63. The number of benzene rings is 1. The van der Waals surface area contributed by atoms with Crippen molar-refractivity contribution in [3.63, 3.8) is 0 Å². The van der Waals surface area contributed by atoms with Crippen LogP contribution in [0.3, 0.4) is 0 Å². The van der Waals surface area contributed by atoms with E-state index in [0.717, 1.165) is 0 Å². The second-order valence-electron chi connectivity index (χ2n) is 3.31. The third-order valence-corrected chi connectivity index (χ3v) is 2.01. The highest BCUT2D eigenvalue weighted by atomic mass is 19.1. The largest absolute Gasteiger partial charge is 0.494 e. The van der Waals surface area contributed by atoms with Crippen molar-refractivity contribution >= 4 is 11.6 Å². The molecule has 0 radical (unpaired) electrons. The van der Waals surface area contributed by atoms with Crippen LogP contribution in [-0.2, 0) is 4.79 Å². The van der Waals surface area contributed by atoms with Crippen molar-refractivity contribution in [3.8, 4) is 5.75 Å². The number of amides is 1. The van der Waals surface area contributed by atoms with E-state index in [4.69, 9.17) is 4.74 Å². The fourth-order valence-corrected chi connectivity index (χ4v) is 1.25. The molecule has 0 spiro atoms. The molecule has 4 nitrogen and oxygen atoms in total. The Morgan fingerprint density at radius 2 is 2.35 bits per heavy atom. The summed E-state index contributed by atoms with van der Waals surface area (Å²) in [5.74, 6) is -0.344. The Morgan fingerprint density at radius 1 is 1.59 bits per heavy atom. The molecule has 17 heavy (non-hydrogen) atoms. The van der Waals surface area contributed by atoms with Gasteiger partial charge in [-0.15, -0.1) is 6.58 Å². The molecule has 0 atom stereocenters. The predicted octanol–water partition coefficient (Wildman–Crippen LogP) is 1.55. The van der Waals surface area contributed by atoms with Crippen LogP contribution in [0.1, 0.15) is 0 Å². The molecular formula is C12H15FN2O2. The molecule has 0 bridgehead atoms. The summed E-state index contributed by atoms with van der Waals surface area (Å²) in [4.78, 5) is 11.5. The van der Waals surface area contributed by atoms with Crippen molar-refractivity contribution in [2.45, 2.75) is 0 Å². The Morgan fingerprint density at radius 3 is 3.00 bits per heavy atom. The second kappa shape index (κ2) is 6.65. The smallest absolute Gasteiger partial charge is 0.238 e. The lowest BCUT2D eigenvalue weighted by Crippen LogP contribution is -2.28. The van der Waals surface area contributed by atoms with Gasteiger partial charge in [0.15, 0.2) is 0 Å². The number of rotatable bonds is 6. The number of carbonyl (C=O) groups is 1. The van der Waals surface area contributed by atoms with Crippen LogP contribution in [0.2, 0.25) is 0 Å². The Bertz CT molecular complexity index is 407. The second-order valence-corrected chi connectivity index (χ2v) is 3.31. The van der Waals surface area contributed by atoms with Gasteiger partial charge in [-0.3, -0.25) is 4.79 Å². The third-order valence-electron chi connectivity index (χ3n) is 2.01. The van der Waals surface area contributed by atoms with E-state index in [1.165, 1.54) is 25.3 Å². The summed E-state index contributed by atoms with van der Waals surface area (Å²) in [6.45, 7) is 4.23. The standard InChI is InChI=1S/C12H15FN2O2/c1-3-6-14-8-12(16)15-10-5-4-9(13)7-11(10)17-2/h3-5,7,14H,1,6,8H2,2H3,(H,15,16). The van der Waals surface area contributed by atoms with Gasteiger partial charge in [0.25, 0.3) is 0 Å². The first-order valence-corrected chi connectivity index (χ1v) is 5.12. The van der Waals surface area contributed by atoms with Crippen molar-refractivity contribution in [1.82, 2.24) is 5.32 Å². The third kappa shape index (κ3) is 4.24. The summed E-state index contributed by atoms with van der Waals surface area (Å²) in [6, 6.07) is 3.93. The normalized spacial score (nSPS) is 9.76. The average Bonchev–Trinajstić information content (AvgIpc) is 2.32. The van der Waals surface area contributed by atoms with Crippen LogP contribution < -0.4 is 15.4 Å². The Balaban J connectivity index is 2.61. The molecule has 1 amide bonds. The van der Waals surface area contributed by atoms with Crippen LogP contribution in [-0.4, -0.2) is 26.1 Å². The van der Waals surface area contributed by atoms with Crippen molar-refractivity contribution < 1.29 is 13.9 Å². The minimum Gasteiger partial charge on any atom is -0.494 e. The number of hydrogen-bond donors (Lipinski definition) is 2. The van der Waals surface area contributed by atoms with Crippen LogP contribution in [0.5, 0.6) is 5.75 Å². The van der Waals surface area contributed by atoms with Gasteiger partial charge in [-0.2, -0.15) is 0 Å². The summed E-state index contributed by atoms with van der Waals surface area (Å²) in [6.07, 6.45) is 1.66. The highest BCUT2D eigenvalue weighted by Crippen LogP contribution is 2.24. The molecular weight excluding hydrogens is 223 g/mol. The van der Waals surface area contributed by atoms with E-state index in [9.17, 15) is 9.18 Å². The zero-order valence-electron chi connectivity index (χ0n) is 9.63. The van der Waals surface area contributed by atoms with Gasteiger partial charge in [-0.25, -0.2) is 4.39 Å². The number of methoxy groups -OCH3 is 1. The van der Waals surface area contributed by atoms with Gasteiger partial charge in [0, 0.05) is 12.6 Å². The van der Waals surface area contributed by atoms with E-state index >= 15 is 0 Å². The van der Waals surface area contributed by atoms with Gasteiger partial charge in [-0.1, -0.05) is 6.08 Å². The van der Waals surface area contributed by atoms with E-state index in [0.29, 0.717) is 18.0 Å². The molecule has 0 aliphatic heterocycles. The van der Waals surface area contributed by atoms with Gasteiger partial charge in [-0.05, 0) is 12.1 Å². The topological polar surface area (TPSA) is 50.4 Å². The van der Waals surface area contributed by atoms with Crippen molar-refractivity contribution in [3.05, 3.63) is 36.7 Å². The highest BCUT2D eigenvalue weighted by molar-refractivity contribution is 5.93. The Labute approximate surface area is 99.5 Å². The number of carbonyl (C=O) groups excluding carboxylic acids is 1. The van der Waals surface area contributed by atoms with E-state index in [1.54, 1.807) is 6.08 Å². The Kier molecular flexibility index (Phi) is 5.16. The molecule has 0 fully saturated rings. The first-order chi connectivity index (χ1) is 8.17. The van der Waals surface area contributed by atoms with Crippen LogP contribution in [0, 0.1) is 5.82 Å². The fraction of sp³-hybridized carbons (Fsp3) is 0.250. The quantitative estimate of drug-likeness (QED) is 0.584. The fourth-order valence-electron chi connectivity index (χ4n) is 1.25. The molecule has 1 rings (SSSR count). The summed E-state index contributed by atoms with van der Waals surface area (Å²) < 4.78 is 17.9. The lowest BCUT2D eigenvalue weighted by atomic mass is 10.3. The van der Waals surface area contributed by atoms with Crippen molar-refractivity contribution in [2.24, 2.45) is 0 Å². The highest BCUT2D eigenvalue weighted by Gasteiger charge is 2.07. The van der Waals surface area contributed by atoms with Gasteiger partial charge >= 0.3 is 0 Å². The number of nitrogens with one attached hydrogen (secondary N) is 2. The molecule has 5 heteroatoms. The molecule has 0 aliphatic rings. The molecule has 0 aliphatic carbocycles. The summed E-state index contributed by atoms with van der Waals surface area (Å²) >= 11 is 0. The minimum absolute atomic E-state index is 0.159. The van der Waals surface area contributed by atoms with E-state index in [2.05, 4.69) is 17.2 Å². The van der Waals surface area contributed by atoms with Crippen LogP contribution in [0.25, 0.3) is 0 Å². The van der Waals surface area contributed by atoms with Crippen LogP contribution >= 0.6 is 0 Å². The zero-order chi connectivity index (χ0) is 12.7. The average molecular weight is 238 g/mol. The van der Waals surface area contributed by atoms with Gasteiger partial charge in [0.2, 0.25) is 5.91 Å². The number of ether oxygens (including phenoxy) is 1. The summed E-state index contributed by atoms with van der Waals surface area (Å²) in [7, 11) is 1.42. The van der Waals surface area contributed by atoms with Crippen molar-refractivity contribution in [1.29, 1.82) is 0 Å². The Hall–Kier alpha value is -1.88. The van der Waals surface area contributed by atoms with Crippen LogP contribution in [0.15, 0.2) is 30.9 Å². The van der Waals surface area contributed by atoms with E-state index in [1.807, 2.05) is 0 Å². The molecule has 2 N–H and O–H groups in total. The molecule has 92 valence electrons. The maximum absolute atomic E-state index is 12.9. The van der Waals surface area contributed by atoms with Gasteiger partial charge in [0.05, 0.1) is 19.3 Å². The van der Waals surface area contributed by atoms with E-state index in [-0.39, 0.29) is 12.5 Å². The van der Waals surface area contributed by atoms with Gasteiger partial charge in [0.1, 0.15) is 11.6 Å². The minimum atomic E-state index is -0.412. The van der Waals surface area contributed by atoms with Crippen LogP contribution in [0.4, 0.5) is 10.1 Å². The summed E-state index contributed by atoms with van der Waals surface area (Å²) in [5.41, 5.74) is 0.444. The number of anilines is 1. The molecule has 0 heterocycles. The monoisotopic (exact) mass is 238 g/mol. The van der Waals surface area contributed by atoms with Gasteiger partial charge < -0.3 is 15.4 Å². The maximum Gasteiger partial charge on any atom is 0.238 e. The molecule has 1 aromatic carbocycles. The first kappa shape index (κ1) is 13.2. The predicted molar refractivity (Wildman–Crippen MR) is 64.6 cm³/mol. The SMILES string of the molecule is C=CCNCC(=O)Nc1ccc(F)cc1OC. The number of halogens is 1. The summed E-state index contributed by atoms with van der Waals surface area (Å²) in [5, 5.41) is 5.48. The molecule has 0 saturated heterocycles. The molecule has 0 unspecified atom stereocenters. The van der Waals surface area contributed by atoms with E-state index < -0.39 is 5.82 Å². The maximum atomic E-state index is 12.9. The van der Waals surface area contributed by atoms with Crippen molar-refractivity contribution in [2.75, 3.05) is 25.5 Å². The molecule has 0 aromatic heterocycles. The molecule has 1 aromatic rings. The number of hydrogen-bond acceptors (Lipinski definition) is 3. The first-order valence-electron chi connectivity index (χ1n) is 5.12. The molecule has 0 saturated carbocycles. The lowest BCUT2D eigenvalue weighted by Gasteiger charge is -2.10.